The smallest absolute Gasteiger partial charge is 0.159 e. The summed E-state index contributed by atoms with van der Waals surface area (Å²) < 4.78 is 12.7. The molecule has 0 spiro atoms. The summed E-state index contributed by atoms with van der Waals surface area (Å²) in [5.74, 6) is 0.203. The Labute approximate surface area is 90.9 Å². The molecule has 0 saturated carbocycles. The van der Waals surface area contributed by atoms with E-state index >= 15 is 0 Å². The zero-order chi connectivity index (χ0) is 10.8. The summed E-state index contributed by atoms with van der Waals surface area (Å²) in [5, 5.41) is 7.98. The van der Waals surface area contributed by atoms with E-state index in [1.54, 1.807) is 19.1 Å². The van der Waals surface area contributed by atoms with Gasteiger partial charge in [-0.25, -0.2) is 9.37 Å². The topological polar surface area (TPSA) is 38.7 Å². The van der Waals surface area contributed by atoms with Gasteiger partial charge in [0.2, 0.25) is 0 Å². The third-order valence-electron chi connectivity index (χ3n) is 1.87. The van der Waals surface area contributed by atoms with Crippen LogP contribution in [0.15, 0.2) is 24.3 Å². The first-order valence-electron chi connectivity index (χ1n) is 4.29. The van der Waals surface area contributed by atoms with E-state index < -0.39 is 0 Å². The Morgan fingerprint density at radius 1 is 1.13 bits per heavy atom. The van der Waals surface area contributed by atoms with Crippen LogP contribution in [0.3, 0.4) is 0 Å². The van der Waals surface area contributed by atoms with E-state index in [2.05, 4.69) is 15.2 Å². The highest BCUT2D eigenvalue weighted by Crippen LogP contribution is 2.23. The summed E-state index contributed by atoms with van der Waals surface area (Å²) in [7, 11) is 0. The predicted molar refractivity (Wildman–Crippen MR) is 55.0 cm³/mol. The Kier molecular flexibility index (Phi) is 2.60. The summed E-state index contributed by atoms with van der Waals surface area (Å²) in [5.41, 5.74) is 1.16. The number of aryl methyl sites for hydroxylation is 1. The molecule has 1 aromatic heterocycles. The van der Waals surface area contributed by atoms with Crippen LogP contribution in [0.25, 0.3) is 11.3 Å². The molecule has 76 valence electrons. The van der Waals surface area contributed by atoms with E-state index in [4.69, 9.17) is 11.6 Å². The van der Waals surface area contributed by atoms with E-state index in [0.717, 1.165) is 0 Å². The summed E-state index contributed by atoms with van der Waals surface area (Å²) in [6.45, 7) is 1.70. The molecule has 1 aromatic carbocycles. The maximum Gasteiger partial charge on any atom is 0.159 e. The molecular formula is C10H7ClFN3. The van der Waals surface area contributed by atoms with Crippen molar-refractivity contribution in [2.45, 2.75) is 6.92 Å². The van der Waals surface area contributed by atoms with Crippen molar-refractivity contribution in [3.63, 3.8) is 0 Å². The van der Waals surface area contributed by atoms with Crippen LogP contribution in [0.5, 0.6) is 0 Å². The van der Waals surface area contributed by atoms with Crippen LogP contribution < -0.4 is 0 Å². The lowest BCUT2D eigenvalue weighted by atomic mass is 10.2. The molecule has 0 atom stereocenters. The third kappa shape index (κ3) is 2.10. The zero-order valence-electron chi connectivity index (χ0n) is 7.91. The molecule has 0 saturated heterocycles. The van der Waals surface area contributed by atoms with E-state index in [1.165, 1.54) is 12.1 Å². The average molecular weight is 224 g/mol. The fraction of sp³-hybridized carbons (Fsp3) is 0.100. The van der Waals surface area contributed by atoms with Crippen LogP contribution in [0.4, 0.5) is 4.39 Å². The van der Waals surface area contributed by atoms with Crippen LogP contribution in [0.1, 0.15) is 5.82 Å². The Hall–Kier alpha value is -1.55. The highest BCUT2D eigenvalue weighted by atomic mass is 35.5. The first-order valence-corrected chi connectivity index (χ1v) is 4.67. The van der Waals surface area contributed by atoms with Gasteiger partial charge in [0.25, 0.3) is 0 Å². The third-order valence-corrected chi connectivity index (χ3v) is 2.13. The fourth-order valence-electron chi connectivity index (χ4n) is 1.17. The largest absolute Gasteiger partial charge is 0.217 e. The monoisotopic (exact) mass is 223 g/mol. The van der Waals surface area contributed by atoms with Gasteiger partial charge in [0.05, 0.1) is 0 Å². The van der Waals surface area contributed by atoms with Crippen LogP contribution in [0, 0.1) is 12.7 Å². The van der Waals surface area contributed by atoms with Gasteiger partial charge in [-0.05, 0) is 31.2 Å². The van der Waals surface area contributed by atoms with Gasteiger partial charge >= 0.3 is 0 Å². The molecule has 0 aliphatic heterocycles. The van der Waals surface area contributed by atoms with Gasteiger partial charge in [-0.1, -0.05) is 11.6 Å². The van der Waals surface area contributed by atoms with Crippen molar-refractivity contribution >= 4 is 11.6 Å². The molecule has 0 N–H and O–H groups in total. The van der Waals surface area contributed by atoms with Crippen LogP contribution in [-0.2, 0) is 0 Å². The normalized spacial score (nSPS) is 10.3. The molecule has 0 fully saturated rings. The predicted octanol–water partition coefficient (Wildman–Crippen LogP) is 2.64. The molecule has 3 nitrogen and oxygen atoms in total. The van der Waals surface area contributed by atoms with E-state index in [9.17, 15) is 4.39 Å². The quantitative estimate of drug-likeness (QED) is 0.746. The lowest BCUT2D eigenvalue weighted by Crippen LogP contribution is -1.95. The van der Waals surface area contributed by atoms with Crippen LogP contribution >= 0.6 is 11.6 Å². The van der Waals surface area contributed by atoms with Crippen molar-refractivity contribution in [1.82, 2.24) is 15.2 Å². The first kappa shape index (κ1) is 9.98. The summed E-state index contributed by atoms with van der Waals surface area (Å²) >= 11 is 5.90. The Morgan fingerprint density at radius 3 is 2.40 bits per heavy atom. The molecular weight excluding hydrogens is 217 g/mol. The number of nitrogens with zero attached hydrogens (tertiary/aromatic N) is 3. The number of hydrogen-bond acceptors (Lipinski definition) is 3. The second-order valence-corrected chi connectivity index (χ2v) is 3.36. The molecule has 2 aromatic rings. The maximum atomic E-state index is 12.7. The first-order chi connectivity index (χ1) is 7.16. The van der Waals surface area contributed by atoms with Crippen molar-refractivity contribution in [3.8, 4) is 11.3 Å². The SMILES string of the molecule is Cc1nnc(-c2ccc(F)cc2)c(Cl)n1. The minimum absolute atomic E-state index is 0.272. The number of rotatable bonds is 1. The van der Waals surface area contributed by atoms with Gasteiger partial charge in [0, 0.05) is 5.56 Å². The van der Waals surface area contributed by atoms with Crippen molar-refractivity contribution < 1.29 is 4.39 Å². The van der Waals surface area contributed by atoms with Gasteiger partial charge in [-0.3, -0.25) is 0 Å². The second kappa shape index (κ2) is 3.90. The molecule has 0 radical (unpaired) electrons. The van der Waals surface area contributed by atoms with Gasteiger partial charge in [0.15, 0.2) is 5.15 Å². The highest BCUT2D eigenvalue weighted by Gasteiger charge is 2.07. The highest BCUT2D eigenvalue weighted by molar-refractivity contribution is 6.31. The lowest BCUT2D eigenvalue weighted by molar-refractivity contribution is 0.628. The summed E-state index contributed by atoms with van der Waals surface area (Å²) in [6.07, 6.45) is 0. The molecule has 2 rings (SSSR count). The summed E-state index contributed by atoms with van der Waals surface area (Å²) in [4.78, 5) is 3.97. The Bertz CT molecular complexity index is 485. The minimum atomic E-state index is -0.303. The van der Waals surface area contributed by atoms with Crippen molar-refractivity contribution in [1.29, 1.82) is 0 Å². The Balaban J connectivity index is 2.49. The molecule has 0 amide bonds. The van der Waals surface area contributed by atoms with Gasteiger partial charge in [0.1, 0.15) is 17.3 Å². The van der Waals surface area contributed by atoms with E-state index in [0.29, 0.717) is 17.1 Å². The average Bonchev–Trinajstić information content (AvgIpc) is 2.20. The fourth-order valence-corrected chi connectivity index (χ4v) is 1.43. The molecule has 0 aliphatic carbocycles. The van der Waals surface area contributed by atoms with E-state index in [-0.39, 0.29) is 11.0 Å². The molecule has 0 unspecified atom stereocenters. The van der Waals surface area contributed by atoms with Crippen molar-refractivity contribution in [2.75, 3.05) is 0 Å². The van der Waals surface area contributed by atoms with Gasteiger partial charge in [-0.2, -0.15) is 0 Å². The number of halogens is 2. The minimum Gasteiger partial charge on any atom is -0.217 e. The van der Waals surface area contributed by atoms with E-state index in [1.807, 2.05) is 0 Å². The van der Waals surface area contributed by atoms with Gasteiger partial charge in [-0.15, -0.1) is 10.2 Å². The van der Waals surface area contributed by atoms with Crippen LogP contribution in [-0.4, -0.2) is 15.2 Å². The van der Waals surface area contributed by atoms with Crippen molar-refractivity contribution in [2.24, 2.45) is 0 Å². The molecule has 1 heterocycles. The van der Waals surface area contributed by atoms with Crippen molar-refractivity contribution in [3.05, 3.63) is 41.1 Å². The summed E-state index contributed by atoms with van der Waals surface area (Å²) in [6, 6.07) is 5.85. The molecule has 0 aliphatic rings. The molecule has 0 bridgehead atoms. The maximum absolute atomic E-state index is 12.7. The number of aromatic nitrogens is 3. The number of hydrogen-bond donors (Lipinski definition) is 0. The second-order valence-electron chi connectivity index (χ2n) is 3.01. The van der Waals surface area contributed by atoms with Gasteiger partial charge < -0.3 is 0 Å². The molecule has 15 heavy (non-hydrogen) atoms. The standard InChI is InChI=1S/C10H7ClFN3/c1-6-13-10(11)9(15-14-6)7-2-4-8(12)5-3-7/h2-5H,1H3. The van der Waals surface area contributed by atoms with Crippen LogP contribution in [0.2, 0.25) is 5.15 Å². The zero-order valence-corrected chi connectivity index (χ0v) is 8.66. The molecule has 5 heteroatoms. The Morgan fingerprint density at radius 2 is 1.80 bits per heavy atom. The lowest BCUT2D eigenvalue weighted by Gasteiger charge is -2.01. The number of benzene rings is 1.